The number of anilines is 1. The molecule has 0 bridgehead atoms. The Bertz CT molecular complexity index is 586. The van der Waals surface area contributed by atoms with Crippen LogP contribution in [0.5, 0.6) is 5.88 Å². The van der Waals surface area contributed by atoms with E-state index in [0.29, 0.717) is 18.5 Å². The van der Waals surface area contributed by atoms with E-state index in [0.717, 1.165) is 35.9 Å². The average Bonchev–Trinajstić information content (AvgIpc) is 3.07. The highest BCUT2D eigenvalue weighted by Gasteiger charge is 2.29. The van der Waals surface area contributed by atoms with E-state index >= 15 is 0 Å². The summed E-state index contributed by atoms with van der Waals surface area (Å²) in [5.41, 5.74) is 1.15. The molecule has 1 saturated heterocycles. The van der Waals surface area contributed by atoms with Crippen LogP contribution in [0.25, 0.3) is 0 Å². The lowest BCUT2D eigenvalue weighted by Crippen LogP contribution is -2.24. The van der Waals surface area contributed by atoms with Gasteiger partial charge >= 0.3 is 0 Å². The topological polar surface area (TPSA) is 51.1 Å². The van der Waals surface area contributed by atoms with Crippen molar-refractivity contribution in [3.8, 4) is 5.88 Å². The Morgan fingerprint density at radius 2 is 2.35 bits per heavy atom. The van der Waals surface area contributed by atoms with Crippen molar-refractivity contribution in [3.63, 3.8) is 0 Å². The quantitative estimate of drug-likeness (QED) is 0.866. The third-order valence-corrected chi connectivity index (χ3v) is 4.24. The van der Waals surface area contributed by atoms with Gasteiger partial charge in [0.05, 0.1) is 23.4 Å². The second-order valence-electron chi connectivity index (χ2n) is 4.79. The number of rotatable bonds is 4. The maximum Gasteiger partial charge on any atom is 0.218 e. The molecular weight excluding hydrogens is 272 g/mol. The number of aryl methyl sites for hydroxylation is 1. The fourth-order valence-electron chi connectivity index (χ4n) is 2.60. The first kappa shape index (κ1) is 13.3. The number of thiazole rings is 1. The molecule has 2 aromatic heterocycles. The fraction of sp³-hybridized carbons (Fsp3) is 0.500. The van der Waals surface area contributed by atoms with E-state index in [4.69, 9.17) is 4.74 Å². The minimum atomic E-state index is 0.323. The van der Waals surface area contributed by atoms with Gasteiger partial charge < -0.3 is 9.64 Å². The molecule has 0 aliphatic carbocycles. The molecule has 3 rings (SSSR count). The van der Waals surface area contributed by atoms with Gasteiger partial charge in [-0.3, -0.25) is 0 Å². The molecule has 1 fully saturated rings. The highest BCUT2D eigenvalue weighted by Crippen LogP contribution is 2.35. The van der Waals surface area contributed by atoms with Crippen molar-refractivity contribution in [1.82, 2.24) is 15.0 Å². The highest BCUT2D eigenvalue weighted by molar-refractivity contribution is 7.09. The number of hydrogen-bond donors (Lipinski definition) is 0. The lowest BCUT2D eigenvalue weighted by Gasteiger charge is -2.24. The molecule has 1 atom stereocenters. The standard InChI is InChI=1S/C14H18N4OS/c1-3-19-14-7-13(15-9-16-14)18-6-4-5-12(18)11-8-20-10(2)17-11/h7-9,12H,3-6H2,1-2H3/t12-/m1/s1. The fourth-order valence-corrected chi connectivity index (χ4v) is 3.25. The molecule has 0 radical (unpaired) electrons. The predicted octanol–water partition coefficient (Wildman–Crippen LogP) is 2.98. The zero-order valence-electron chi connectivity index (χ0n) is 11.7. The molecule has 106 valence electrons. The SMILES string of the molecule is CCOc1cc(N2CCC[C@@H]2c2csc(C)n2)ncn1. The van der Waals surface area contributed by atoms with Crippen molar-refractivity contribution >= 4 is 17.2 Å². The lowest BCUT2D eigenvalue weighted by molar-refractivity contribution is 0.326. The summed E-state index contributed by atoms with van der Waals surface area (Å²) in [7, 11) is 0. The molecule has 0 aromatic carbocycles. The van der Waals surface area contributed by atoms with E-state index in [1.165, 1.54) is 0 Å². The maximum atomic E-state index is 5.46. The number of hydrogen-bond acceptors (Lipinski definition) is 6. The van der Waals surface area contributed by atoms with Gasteiger partial charge in [-0.1, -0.05) is 0 Å². The zero-order chi connectivity index (χ0) is 13.9. The summed E-state index contributed by atoms with van der Waals surface area (Å²) in [6.45, 7) is 5.62. The summed E-state index contributed by atoms with van der Waals surface area (Å²) in [6, 6.07) is 2.24. The van der Waals surface area contributed by atoms with Gasteiger partial charge in [-0.25, -0.2) is 15.0 Å². The molecule has 0 spiro atoms. The van der Waals surface area contributed by atoms with E-state index in [1.807, 2.05) is 19.9 Å². The van der Waals surface area contributed by atoms with Gasteiger partial charge in [-0.2, -0.15) is 0 Å². The van der Waals surface area contributed by atoms with E-state index in [1.54, 1.807) is 17.7 Å². The van der Waals surface area contributed by atoms with Crippen molar-refractivity contribution < 1.29 is 4.74 Å². The van der Waals surface area contributed by atoms with Crippen LogP contribution in [0.1, 0.15) is 36.5 Å². The monoisotopic (exact) mass is 290 g/mol. The number of nitrogens with zero attached hydrogens (tertiary/aromatic N) is 4. The van der Waals surface area contributed by atoms with Crippen LogP contribution in [-0.4, -0.2) is 28.1 Å². The molecule has 6 heteroatoms. The Labute approximate surface area is 122 Å². The number of ether oxygens (including phenoxy) is 1. The Morgan fingerprint density at radius 1 is 1.45 bits per heavy atom. The first-order valence-electron chi connectivity index (χ1n) is 6.91. The van der Waals surface area contributed by atoms with Crippen LogP contribution in [-0.2, 0) is 0 Å². The summed E-state index contributed by atoms with van der Waals surface area (Å²) in [5, 5.41) is 3.27. The third kappa shape index (κ3) is 2.60. The number of aromatic nitrogens is 3. The van der Waals surface area contributed by atoms with Crippen LogP contribution < -0.4 is 9.64 Å². The Kier molecular flexibility index (Phi) is 3.82. The highest BCUT2D eigenvalue weighted by atomic mass is 32.1. The minimum Gasteiger partial charge on any atom is -0.478 e. The Balaban J connectivity index is 1.86. The second kappa shape index (κ2) is 5.75. The molecule has 5 nitrogen and oxygen atoms in total. The van der Waals surface area contributed by atoms with Gasteiger partial charge in [-0.05, 0) is 26.7 Å². The van der Waals surface area contributed by atoms with Gasteiger partial charge in [0.1, 0.15) is 12.1 Å². The van der Waals surface area contributed by atoms with Crippen LogP contribution in [0.3, 0.4) is 0 Å². The summed E-state index contributed by atoms with van der Waals surface area (Å²) in [5.74, 6) is 1.56. The average molecular weight is 290 g/mol. The molecule has 20 heavy (non-hydrogen) atoms. The third-order valence-electron chi connectivity index (χ3n) is 3.45. The molecule has 2 aromatic rings. The zero-order valence-corrected chi connectivity index (χ0v) is 12.6. The summed E-state index contributed by atoms with van der Waals surface area (Å²) in [6.07, 6.45) is 3.86. The van der Waals surface area contributed by atoms with E-state index in [-0.39, 0.29) is 0 Å². The van der Waals surface area contributed by atoms with Crippen LogP contribution in [0.2, 0.25) is 0 Å². The first-order chi connectivity index (χ1) is 9.78. The normalized spacial score (nSPS) is 18.5. The van der Waals surface area contributed by atoms with Crippen molar-refractivity contribution in [2.45, 2.75) is 32.7 Å². The summed E-state index contributed by atoms with van der Waals surface area (Å²) < 4.78 is 5.46. The van der Waals surface area contributed by atoms with E-state index < -0.39 is 0 Å². The Hall–Kier alpha value is -1.69. The van der Waals surface area contributed by atoms with Crippen molar-refractivity contribution in [2.24, 2.45) is 0 Å². The molecule has 0 N–H and O–H groups in total. The molecule has 0 saturated carbocycles. The summed E-state index contributed by atoms with van der Waals surface area (Å²) in [4.78, 5) is 15.5. The van der Waals surface area contributed by atoms with Crippen LogP contribution in [0.4, 0.5) is 5.82 Å². The van der Waals surface area contributed by atoms with Gasteiger partial charge in [-0.15, -0.1) is 11.3 Å². The second-order valence-corrected chi connectivity index (χ2v) is 5.85. The summed E-state index contributed by atoms with van der Waals surface area (Å²) >= 11 is 1.70. The minimum absolute atomic E-state index is 0.323. The predicted molar refractivity (Wildman–Crippen MR) is 79.4 cm³/mol. The van der Waals surface area contributed by atoms with Crippen LogP contribution in [0, 0.1) is 6.92 Å². The lowest BCUT2D eigenvalue weighted by atomic mass is 10.2. The van der Waals surface area contributed by atoms with Gasteiger partial charge in [0.15, 0.2) is 0 Å². The van der Waals surface area contributed by atoms with Crippen molar-refractivity contribution in [3.05, 3.63) is 28.5 Å². The van der Waals surface area contributed by atoms with Crippen molar-refractivity contribution in [2.75, 3.05) is 18.1 Å². The van der Waals surface area contributed by atoms with Crippen LogP contribution >= 0.6 is 11.3 Å². The Morgan fingerprint density at radius 3 is 3.10 bits per heavy atom. The van der Waals surface area contributed by atoms with E-state index in [9.17, 15) is 0 Å². The van der Waals surface area contributed by atoms with Crippen molar-refractivity contribution in [1.29, 1.82) is 0 Å². The molecule has 3 heterocycles. The van der Waals surface area contributed by atoms with E-state index in [2.05, 4.69) is 25.2 Å². The van der Waals surface area contributed by atoms with Gasteiger partial charge in [0.2, 0.25) is 5.88 Å². The molecule has 1 aliphatic heterocycles. The largest absolute Gasteiger partial charge is 0.478 e. The first-order valence-corrected chi connectivity index (χ1v) is 7.79. The molecule has 0 amide bonds. The molecular formula is C14H18N4OS. The molecule has 1 aliphatic rings. The smallest absolute Gasteiger partial charge is 0.218 e. The maximum absolute atomic E-state index is 5.46. The molecule has 0 unspecified atom stereocenters. The van der Waals surface area contributed by atoms with Crippen LogP contribution in [0.15, 0.2) is 17.8 Å². The van der Waals surface area contributed by atoms with Gasteiger partial charge in [0, 0.05) is 18.0 Å². The van der Waals surface area contributed by atoms with Gasteiger partial charge in [0.25, 0.3) is 0 Å².